The van der Waals surface area contributed by atoms with Gasteiger partial charge < -0.3 is 0 Å². The van der Waals surface area contributed by atoms with Gasteiger partial charge in [0.1, 0.15) is 0 Å². The summed E-state index contributed by atoms with van der Waals surface area (Å²) in [7, 11) is 0. The molecule has 0 bridgehead atoms. The van der Waals surface area contributed by atoms with Crippen molar-refractivity contribution in [1.82, 2.24) is 0 Å². The first-order valence-electron chi connectivity index (χ1n) is 5.08. The summed E-state index contributed by atoms with van der Waals surface area (Å²) < 4.78 is 35.7. The van der Waals surface area contributed by atoms with Crippen molar-refractivity contribution in [2.75, 3.05) is 0 Å². The Morgan fingerprint density at radius 3 is 2.23 bits per heavy atom. The summed E-state index contributed by atoms with van der Waals surface area (Å²) >= 11 is 0. The molecule has 1 saturated carbocycles. The topological polar surface area (TPSA) is 0 Å². The van der Waals surface area contributed by atoms with Crippen LogP contribution in [-0.4, -0.2) is 6.18 Å². The van der Waals surface area contributed by atoms with Crippen LogP contribution in [0.15, 0.2) is 0 Å². The molecule has 0 nitrogen and oxygen atoms in total. The molecule has 0 N–H and O–H groups in total. The van der Waals surface area contributed by atoms with Crippen LogP contribution in [0.3, 0.4) is 0 Å². The molecule has 0 radical (unpaired) electrons. The Bertz CT molecular complexity index is 151. The Hall–Kier alpha value is -0.210. The first-order chi connectivity index (χ1) is 6.01. The van der Waals surface area contributed by atoms with E-state index in [0.29, 0.717) is 18.3 Å². The van der Waals surface area contributed by atoms with Crippen LogP contribution in [0.1, 0.15) is 45.4 Å². The van der Waals surface area contributed by atoms with Crippen LogP contribution in [0.2, 0.25) is 0 Å². The minimum atomic E-state index is -3.95. The zero-order valence-corrected chi connectivity index (χ0v) is 8.03. The van der Waals surface area contributed by atoms with Gasteiger partial charge in [-0.25, -0.2) is 0 Å². The van der Waals surface area contributed by atoms with Crippen LogP contribution < -0.4 is 0 Å². The lowest BCUT2D eigenvalue weighted by Gasteiger charge is -2.11. The molecule has 1 aliphatic rings. The normalized spacial score (nSPS) is 29.5. The monoisotopic (exact) mass is 194 g/mol. The maximum atomic E-state index is 11.9. The predicted molar refractivity (Wildman–Crippen MR) is 46.4 cm³/mol. The molecule has 0 aromatic carbocycles. The molecule has 0 amide bonds. The van der Waals surface area contributed by atoms with Gasteiger partial charge in [0.2, 0.25) is 0 Å². The summed E-state index contributed by atoms with van der Waals surface area (Å²) in [5.74, 6) is 1.03. The first kappa shape index (κ1) is 10.9. The van der Waals surface area contributed by atoms with E-state index in [0.717, 1.165) is 25.7 Å². The molecule has 0 heterocycles. The van der Waals surface area contributed by atoms with Crippen molar-refractivity contribution < 1.29 is 13.2 Å². The predicted octanol–water partition coefficient (Wildman–Crippen LogP) is 4.16. The Morgan fingerprint density at radius 1 is 1.15 bits per heavy atom. The fourth-order valence-electron chi connectivity index (χ4n) is 2.18. The van der Waals surface area contributed by atoms with E-state index < -0.39 is 12.6 Å². The molecule has 1 aliphatic carbocycles. The molecule has 3 heteroatoms. The lowest BCUT2D eigenvalue weighted by molar-refractivity contribution is -0.137. The number of hydrogen-bond donors (Lipinski definition) is 0. The van der Waals surface area contributed by atoms with Gasteiger partial charge in [-0.2, -0.15) is 13.2 Å². The molecule has 0 aromatic rings. The Morgan fingerprint density at radius 2 is 1.77 bits per heavy atom. The lowest BCUT2D eigenvalue weighted by Crippen LogP contribution is -2.09. The summed E-state index contributed by atoms with van der Waals surface area (Å²) in [6.45, 7) is 2.12. The zero-order chi connectivity index (χ0) is 9.90. The van der Waals surface area contributed by atoms with E-state index in [1.54, 1.807) is 0 Å². The van der Waals surface area contributed by atoms with Crippen molar-refractivity contribution >= 4 is 0 Å². The highest BCUT2D eigenvalue weighted by Crippen LogP contribution is 2.37. The molecule has 0 spiro atoms. The SMILES string of the molecule is CCC1CCC(CCC(F)(F)F)C1. The Balaban J connectivity index is 2.17. The number of halogens is 3. The fourth-order valence-corrected chi connectivity index (χ4v) is 2.18. The second kappa shape index (κ2) is 4.34. The Kier molecular flexibility index (Phi) is 3.63. The highest BCUT2D eigenvalue weighted by Gasteiger charge is 2.30. The van der Waals surface area contributed by atoms with Gasteiger partial charge in [0.25, 0.3) is 0 Å². The highest BCUT2D eigenvalue weighted by molar-refractivity contribution is 4.75. The van der Waals surface area contributed by atoms with E-state index in [9.17, 15) is 13.2 Å². The van der Waals surface area contributed by atoms with E-state index in [1.807, 2.05) is 0 Å². The van der Waals surface area contributed by atoms with Crippen LogP contribution in [-0.2, 0) is 0 Å². The van der Waals surface area contributed by atoms with Crippen LogP contribution in [0, 0.1) is 11.8 Å². The quantitative estimate of drug-likeness (QED) is 0.633. The van der Waals surface area contributed by atoms with E-state index in [-0.39, 0.29) is 0 Å². The average Bonchev–Trinajstić information content (AvgIpc) is 2.47. The molecule has 1 rings (SSSR count). The number of hydrogen-bond acceptors (Lipinski definition) is 0. The van der Waals surface area contributed by atoms with Gasteiger partial charge in [-0.05, 0) is 24.7 Å². The van der Waals surface area contributed by atoms with Crippen LogP contribution >= 0.6 is 0 Å². The smallest absolute Gasteiger partial charge is 0.171 e. The average molecular weight is 194 g/mol. The highest BCUT2D eigenvalue weighted by atomic mass is 19.4. The molecular weight excluding hydrogens is 177 g/mol. The second-order valence-electron chi connectivity index (χ2n) is 4.11. The molecule has 0 aromatic heterocycles. The zero-order valence-electron chi connectivity index (χ0n) is 8.03. The largest absolute Gasteiger partial charge is 0.389 e. The van der Waals surface area contributed by atoms with Gasteiger partial charge in [0.05, 0.1) is 0 Å². The number of alkyl halides is 3. The van der Waals surface area contributed by atoms with Crippen molar-refractivity contribution in [2.45, 2.75) is 51.6 Å². The van der Waals surface area contributed by atoms with E-state index in [1.165, 1.54) is 0 Å². The van der Waals surface area contributed by atoms with Crippen LogP contribution in [0.4, 0.5) is 13.2 Å². The minimum Gasteiger partial charge on any atom is -0.171 e. The van der Waals surface area contributed by atoms with Crippen molar-refractivity contribution in [3.05, 3.63) is 0 Å². The van der Waals surface area contributed by atoms with Gasteiger partial charge in [0, 0.05) is 6.42 Å². The summed E-state index contributed by atoms with van der Waals surface area (Å²) in [5.41, 5.74) is 0. The van der Waals surface area contributed by atoms with Crippen LogP contribution in [0.5, 0.6) is 0 Å². The summed E-state index contributed by atoms with van der Waals surface area (Å²) in [6, 6.07) is 0. The van der Waals surface area contributed by atoms with Crippen molar-refractivity contribution in [3.63, 3.8) is 0 Å². The van der Waals surface area contributed by atoms with Gasteiger partial charge in [-0.1, -0.05) is 26.2 Å². The van der Waals surface area contributed by atoms with Crippen LogP contribution in [0.25, 0.3) is 0 Å². The van der Waals surface area contributed by atoms with Crippen molar-refractivity contribution in [2.24, 2.45) is 11.8 Å². The standard InChI is InChI=1S/C10H17F3/c1-2-8-3-4-9(7-8)5-6-10(11,12)13/h8-9H,2-7H2,1H3. The number of rotatable bonds is 3. The van der Waals surface area contributed by atoms with Gasteiger partial charge in [-0.3, -0.25) is 0 Å². The summed E-state index contributed by atoms with van der Waals surface area (Å²) in [6.07, 6.45) is 0.0983. The van der Waals surface area contributed by atoms with E-state index in [4.69, 9.17) is 0 Å². The summed E-state index contributed by atoms with van der Waals surface area (Å²) in [5, 5.41) is 0. The van der Waals surface area contributed by atoms with Gasteiger partial charge in [-0.15, -0.1) is 0 Å². The maximum Gasteiger partial charge on any atom is 0.389 e. The third-order valence-corrected chi connectivity index (χ3v) is 3.06. The van der Waals surface area contributed by atoms with E-state index >= 15 is 0 Å². The van der Waals surface area contributed by atoms with Crippen molar-refractivity contribution in [1.29, 1.82) is 0 Å². The van der Waals surface area contributed by atoms with Gasteiger partial charge >= 0.3 is 6.18 Å². The maximum absolute atomic E-state index is 11.9. The molecule has 0 aliphatic heterocycles. The third-order valence-electron chi connectivity index (χ3n) is 3.06. The fraction of sp³-hybridized carbons (Fsp3) is 1.00. The molecular formula is C10H17F3. The minimum absolute atomic E-state index is 0.339. The molecule has 13 heavy (non-hydrogen) atoms. The second-order valence-corrected chi connectivity index (χ2v) is 4.11. The third kappa shape index (κ3) is 4.01. The first-order valence-corrected chi connectivity index (χ1v) is 5.08. The Labute approximate surface area is 77.5 Å². The van der Waals surface area contributed by atoms with Gasteiger partial charge in [0.15, 0.2) is 0 Å². The lowest BCUT2D eigenvalue weighted by atomic mass is 9.99. The molecule has 1 fully saturated rings. The van der Waals surface area contributed by atoms with Crippen molar-refractivity contribution in [3.8, 4) is 0 Å². The molecule has 2 atom stereocenters. The summed E-state index contributed by atoms with van der Waals surface area (Å²) in [4.78, 5) is 0. The van der Waals surface area contributed by atoms with E-state index in [2.05, 4.69) is 6.92 Å². The molecule has 2 unspecified atom stereocenters. The molecule has 78 valence electrons. The molecule has 0 saturated heterocycles.